The van der Waals surface area contributed by atoms with Gasteiger partial charge in [0.15, 0.2) is 6.29 Å². The van der Waals surface area contributed by atoms with Gasteiger partial charge in [-0.3, -0.25) is 14.7 Å². The molecule has 1 saturated heterocycles. The van der Waals surface area contributed by atoms with Crippen molar-refractivity contribution in [3.8, 4) is 11.1 Å². The van der Waals surface area contributed by atoms with Gasteiger partial charge in [-0.15, -0.1) is 0 Å². The molecular formula is C41H43N3O4. The lowest BCUT2D eigenvalue weighted by molar-refractivity contribution is -0.276. The normalized spacial score (nSPS) is 19.9. The first-order valence-electron chi connectivity index (χ1n) is 16.5. The van der Waals surface area contributed by atoms with E-state index < -0.39 is 6.29 Å². The van der Waals surface area contributed by atoms with E-state index in [9.17, 15) is 9.90 Å². The van der Waals surface area contributed by atoms with Crippen LogP contribution in [-0.2, 0) is 22.6 Å². The molecule has 7 heteroatoms. The highest BCUT2D eigenvalue weighted by Gasteiger charge is 2.39. The molecular weight excluding hydrogens is 598 g/mol. The molecule has 0 saturated carbocycles. The van der Waals surface area contributed by atoms with Crippen molar-refractivity contribution in [3.05, 3.63) is 161 Å². The standard InChI is InChI=1S/C41H43N3O4/c1-28-38(26-44(3)29(2)31-10-5-4-6-11-31)47-41(48-39(28)33-17-15-30(27-45)16-18-33)34-21-19-32(20-22-34)37-14-8-7-12-35(37)25-43-40(46)36-13-9-23-42-24-36/h4-24,28-29,38-39,41,45H,25-27H2,1-3H3,(H,43,46)/t28-,29-,38+,39+,41+/m0/s1. The van der Waals surface area contributed by atoms with E-state index in [-0.39, 0.29) is 36.7 Å². The Balaban J connectivity index is 1.22. The number of carbonyl (C=O) groups excluding carboxylic acids is 1. The van der Waals surface area contributed by atoms with Crippen LogP contribution in [0.5, 0.6) is 0 Å². The summed E-state index contributed by atoms with van der Waals surface area (Å²) in [6, 6.07) is 38.7. The maximum absolute atomic E-state index is 12.7. The van der Waals surface area contributed by atoms with Gasteiger partial charge in [0.05, 0.1) is 24.4 Å². The molecule has 1 aliphatic heterocycles. The summed E-state index contributed by atoms with van der Waals surface area (Å²) in [5.41, 5.74) is 7.77. The number of carbonyl (C=O) groups is 1. The number of nitrogens with one attached hydrogen (secondary N) is 1. The van der Waals surface area contributed by atoms with Crippen molar-refractivity contribution >= 4 is 5.91 Å². The van der Waals surface area contributed by atoms with Crippen molar-refractivity contribution in [3.63, 3.8) is 0 Å². The highest BCUT2D eigenvalue weighted by molar-refractivity contribution is 5.93. The summed E-state index contributed by atoms with van der Waals surface area (Å²) >= 11 is 0. The molecule has 246 valence electrons. The SMILES string of the molecule is C[C@H]1[C@@H](CN(C)[C@@H](C)c2ccccc2)O[C@@H](c2ccc(-c3ccccc3CNC(=O)c3cccnc3)cc2)O[C@H]1c1ccc(CO)cc1. The molecule has 48 heavy (non-hydrogen) atoms. The van der Waals surface area contributed by atoms with Crippen LogP contribution in [0.1, 0.15) is 70.5 Å². The minimum absolute atomic E-state index is 0.00421. The molecule has 0 radical (unpaired) electrons. The van der Waals surface area contributed by atoms with Gasteiger partial charge in [-0.05, 0) is 59.5 Å². The second-order valence-electron chi connectivity index (χ2n) is 12.6. The Morgan fingerprint density at radius 1 is 0.875 bits per heavy atom. The molecule has 2 heterocycles. The van der Waals surface area contributed by atoms with Crippen LogP contribution >= 0.6 is 0 Å². The molecule has 4 aromatic carbocycles. The number of aliphatic hydroxyl groups is 1. The number of hydrogen-bond donors (Lipinski definition) is 2. The molecule has 6 rings (SSSR count). The number of benzene rings is 4. The summed E-state index contributed by atoms with van der Waals surface area (Å²) < 4.78 is 13.5. The molecule has 0 spiro atoms. The summed E-state index contributed by atoms with van der Waals surface area (Å²) in [5.74, 6) is -0.0762. The number of nitrogens with zero attached hydrogens (tertiary/aromatic N) is 2. The third-order valence-corrected chi connectivity index (χ3v) is 9.41. The lowest BCUT2D eigenvalue weighted by Gasteiger charge is -2.43. The fourth-order valence-corrected chi connectivity index (χ4v) is 6.31. The zero-order valence-corrected chi connectivity index (χ0v) is 27.7. The van der Waals surface area contributed by atoms with Gasteiger partial charge < -0.3 is 19.9 Å². The Labute approximate surface area is 283 Å². The van der Waals surface area contributed by atoms with Crippen LogP contribution in [0.25, 0.3) is 11.1 Å². The van der Waals surface area contributed by atoms with E-state index >= 15 is 0 Å². The largest absolute Gasteiger partial charge is 0.392 e. The van der Waals surface area contributed by atoms with Crippen LogP contribution < -0.4 is 5.32 Å². The second kappa shape index (κ2) is 15.5. The van der Waals surface area contributed by atoms with Crippen LogP contribution in [0.4, 0.5) is 0 Å². The predicted molar refractivity (Wildman–Crippen MR) is 188 cm³/mol. The first kappa shape index (κ1) is 33.2. The van der Waals surface area contributed by atoms with E-state index in [2.05, 4.69) is 103 Å². The van der Waals surface area contributed by atoms with Crippen molar-refractivity contribution in [2.45, 2.75) is 51.5 Å². The Morgan fingerprint density at radius 2 is 1.58 bits per heavy atom. The Bertz CT molecular complexity index is 1760. The molecule has 2 N–H and O–H groups in total. The molecule has 0 bridgehead atoms. The van der Waals surface area contributed by atoms with Crippen LogP contribution in [0.2, 0.25) is 0 Å². The Hall–Kier alpha value is -4.66. The van der Waals surface area contributed by atoms with Crippen molar-refractivity contribution in [2.75, 3.05) is 13.6 Å². The molecule has 1 aromatic heterocycles. The number of amides is 1. The molecule has 1 fully saturated rings. The number of aromatic nitrogens is 1. The molecule has 0 aliphatic carbocycles. The van der Waals surface area contributed by atoms with Gasteiger partial charge in [-0.25, -0.2) is 0 Å². The number of rotatable bonds is 11. The van der Waals surface area contributed by atoms with E-state index in [1.165, 1.54) is 5.56 Å². The van der Waals surface area contributed by atoms with Crippen molar-refractivity contribution in [1.29, 1.82) is 0 Å². The Morgan fingerprint density at radius 3 is 2.29 bits per heavy atom. The second-order valence-corrected chi connectivity index (χ2v) is 12.6. The lowest BCUT2D eigenvalue weighted by atomic mass is 9.89. The van der Waals surface area contributed by atoms with Gasteiger partial charge in [0.25, 0.3) is 5.91 Å². The van der Waals surface area contributed by atoms with Crippen LogP contribution in [0.3, 0.4) is 0 Å². The topological polar surface area (TPSA) is 83.9 Å². The van der Waals surface area contributed by atoms with E-state index in [0.717, 1.165) is 39.9 Å². The van der Waals surface area contributed by atoms with Gasteiger partial charge in [0.2, 0.25) is 0 Å². The number of ether oxygens (including phenoxy) is 2. The number of pyridine rings is 1. The van der Waals surface area contributed by atoms with Gasteiger partial charge in [-0.2, -0.15) is 0 Å². The van der Waals surface area contributed by atoms with E-state index in [4.69, 9.17) is 9.47 Å². The van der Waals surface area contributed by atoms with Gasteiger partial charge in [0.1, 0.15) is 0 Å². The molecule has 7 nitrogen and oxygen atoms in total. The van der Waals surface area contributed by atoms with Crippen LogP contribution in [0, 0.1) is 5.92 Å². The smallest absolute Gasteiger partial charge is 0.253 e. The zero-order chi connectivity index (χ0) is 33.5. The van der Waals surface area contributed by atoms with Crippen molar-refractivity contribution in [2.24, 2.45) is 5.92 Å². The maximum atomic E-state index is 12.7. The first-order chi connectivity index (χ1) is 23.4. The van der Waals surface area contributed by atoms with Crippen molar-refractivity contribution < 1.29 is 19.4 Å². The molecule has 5 aromatic rings. The fraction of sp³-hybridized carbons (Fsp3) is 0.268. The molecule has 0 unspecified atom stereocenters. The molecule has 5 atom stereocenters. The van der Waals surface area contributed by atoms with Crippen LogP contribution in [0.15, 0.2) is 128 Å². The lowest BCUT2D eigenvalue weighted by Crippen LogP contribution is -2.44. The van der Waals surface area contributed by atoms with Gasteiger partial charge in [0, 0.05) is 43.0 Å². The minimum atomic E-state index is -0.558. The number of likely N-dealkylation sites (N-methyl/N-ethyl adjacent to an activating group) is 1. The monoisotopic (exact) mass is 641 g/mol. The summed E-state index contributed by atoms with van der Waals surface area (Å²) in [5, 5.41) is 12.6. The van der Waals surface area contributed by atoms with Gasteiger partial charge >= 0.3 is 0 Å². The summed E-state index contributed by atoms with van der Waals surface area (Å²) in [4.78, 5) is 19.1. The highest BCUT2D eigenvalue weighted by Crippen LogP contribution is 2.42. The van der Waals surface area contributed by atoms with E-state index in [1.807, 2.05) is 36.4 Å². The Kier molecular flexibility index (Phi) is 10.7. The summed E-state index contributed by atoms with van der Waals surface area (Å²) in [6.07, 6.45) is 2.38. The summed E-state index contributed by atoms with van der Waals surface area (Å²) in [7, 11) is 2.15. The number of aliphatic hydroxyl groups excluding tert-OH is 1. The summed E-state index contributed by atoms with van der Waals surface area (Å²) in [6.45, 7) is 5.55. The fourth-order valence-electron chi connectivity index (χ4n) is 6.31. The predicted octanol–water partition coefficient (Wildman–Crippen LogP) is 7.66. The van der Waals surface area contributed by atoms with Crippen LogP contribution in [-0.4, -0.2) is 40.6 Å². The van der Waals surface area contributed by atoms with E-state index in [1.54, 1.807) is 24.5 Å². The molecule has 1 aliphatic rings. The minimum Gasteiger partial charge on any atom is -0.392 e. The van der Waals surface area contributed by atoms with Crippen molar-refractivity contribution in [1.82, 2.24) is 15.2 Å². The van der Waals surface area contributed by atoms with Gasteiger partial charge in [-0.1, -0.05) is 110 Å². The third kappa shape index (κ3) is 7.72. The quantitative estimate of drug-likeness (QED) is 0.154. The maximum Gasteiger partial charge on any atom is 0.253 e. The molecule has 1 amide bonds. The zero-order valence-electron chi connectivity index (χ0n) is 27.7. The van der Waals surface area contributed by atoms with E-state index in [0.29, 0.717) is 12.1 Å². The average molecular weight is 642 g/mol. The third-order valence-electron chi connectivity index (χ3n) is 9.41. The average Bonchev–Trinajstić information content (AvgIpc) is 3.15. The first-order valence-corrected chi connectivity index (χ1v) is 16.5. The number of hydrogen-bond acceptors (Lipinski definition) is 6. The highest BCUT2D eigenvalue weighted by atomic mass is 16.7.